The van der Waals surface area contributed by atoms with Crippen LogP contribution in [0.3, 0.4) is 0 Å². The van der Waals surface area contributed by atoms with E-state index in [1.54, 1.807) is 0 Å². The molecule has 186 valence electrons. The van der Waals surface area contributed by atoms with Gasteiger partial charge in [-0.15, -0.1) is 0 Å². The van der Waals surface area contributed by atoms with Gasteiger partial charge in [0, 0.05) is 27.2 Å². The number of fused-ring (bicyclic) bond motifs is 2. The predicted octanol–water partition coefficient (Wildman–Crippen LogP) is 0.761. The lowest BCUT2D eigenvalue weighted by atomic mass is 9.77. The average molecular weight is 489 g/mol. The van der Waals surface area contributed by atoms with Gasteiger partial charge in [0.1, 0.15) is 5.82 Å². The SMILES string of the molecule is CN(C)C(=O)C(=O)NC12CCC(CC1)Cn1c2nc(C(=O)NCc2ccc(F)c(F)c2)c(O)c1=O. The van der Waals surface area contributed by atoms with Crippen LogP contribution in [0.25, 0.3) is 0 Å². The van der Waals surface area contributed by atoms with Crippen molar-refractivity contribution in [1.82, 2.24) is 25.1 Å². The summed E-state index contributed by atoms with van der Waals surface area (Å²) in [6.07, 6.45) is 2.10. The Hall–Kier alpha value is -3.83. The second-order valence-electron chi connectivity index (χ2n) is 9.16. The number of aromatic hydroxyl groups is 1. The maximum atomic E-state index is 13.5. The molecule has 5 rings (SSSR count). The number of halogens is 2. The van der Waals surface area contributed by atoms with Crippen molar-refractivity contribution in [2.45, 2.75) is 44.3 Å². The third-order valence-electron chi connectivity index (χ3n) is 6.58. The first-order chi connectivity index (χ1) is 16.5. The Morgan fingerprint density at radius 2 is 1.89 bits per heavy atom. The van der Waals surface area contributed by atoms with Gasteiger partial charge in [-0.3, -0.25) is 23.7 Å². The van der Waals surface area contributed by atoms with Gasteiger partial charge in [-0.1, -0.05) is 6.07 Å². The minimum Gasteiger partial charge on any atom is -0.501 e. The average Bonchev–Trinajstić information content (AvgIpc) is 3.07. The zero-order chi connectivity index (χ0) is 25.5. The lowest BCUT2D eigenvalue weighted by Crippen LogP contribution is -2.53. The smallest absolute Gasteiger partial charge is 0.311 e. The van der Waals surface area contributed by atoms with Crippen LogP contribution in [-0.2, 0) is 28.2 Å². The topological polar surface area (TPSA) is 134 Å². The fourth-order valence-corrected chi connectivity index (χ4v) is 4.64. The monoisotopic (exact) mass is 489 g/mol. The highest BCUT2D eigenvalue weighted by atomic mass is 19.2. The summed E-state index contributed by atoms with van der Waals surface area (Å²) in [5.74, 6) is -5.32. The van der Waals surface area contributed by atoms with Crippen molar-refractivity contribution in [2.24, 2.45) is 5.92 Å². The Kier molecular flexibility index (Phi) is 6.30. The van der Waals surface area contributed by atoms with E-state index in [4.69, 9.17) is 0 Å². The number of carbonyl (C=O) groups excluding carboxylic acids is 3. The highest BCUT2D eigenvalue weighted by Gasteiger charge is 2.46. The molecule has 1 saturated carbocycles. The molecule has 2 bridgehead atoms. The number of amides is 3. The third kappa shape index (κ3) is 4.47. The van der Waals surface area contributed by atoms with Gasteiger partial charge in [-0.2, -0.15) is 0 Å². The minimum absolute atomic E-state index is 0.0955. The van der Waals surface area contributed by atoms with E-state index in [0.717, 1.165) is 17.0 Å². The first-order valence-electron chi connectivity index (χ1n) is 11.1. The number of aromatic nitrogens is 2. The fourth-order valence-electron chi connectivity index (χ4n) is 4.64. The maximum Gasteiger partial charge on any atom is 0.311 e. The van der Waals surface area contributed by atoms with E-state index in [9.17, 15) is 33.1 Å². The number of benzene rings is 1. The summed E-state index contributed by atoms with van der Waals surface area (Å²) in [5.41, 5.74) is -2.30. The molecule has 3 heterocycles. The largest absolute Gasteiger partial charge is 0.501 e. The Balaban J connectivity index is 1.69. The third-order valence-corrected chi connectivity index (χ3v) is 6.58. The van der Waals surface area contributed by atoms with Gasteiger partial charge < -0.3 is 20.6 Å². The summed E-state index contributed by atoms with van der Waals surface area (Å²) in [6.45, 7) is 0.0432. The van der Waals surface area contributed by atoms with Crippen LogP contribution in [-0.4, -0.2) is 51.4 Å². The van der Waals surface area contributed by atoms with Crippen LogP contribution in [0.15, 0.2) is 23.0 Å². The Labute approximate surface area is 199 Å². The van der Waals surface area contributed by atoms with Crippen LogP contribution in [0.5, 0.6) is 5.75 Å². The van der Waals surface area contributed by atoms with Gasteiger partial charge in [0.15, 0.2) is 17.3 Å². The molecule has 0 atom stereocenters. The number of hydrogen-bond donors (Lipinski definition) is 3. The molecule has 1 aromatic carbocycles. The number of nitrogens with zero attached hydrogens (tertiary/aromatic N) is 3. The number of carbonyl (C=O) groups is 3. The summed E-state index contributed by atoms with van der Waals surface area (Å²) in [6, 6.07) is 3.11. The van der Waals surface area contributed by atoms with Gasteiger partial charge in [0.25, 0.3) is 11.5 Å². The van der Waals surface area contributed by atoms with Gasteiger partial charge in [0.2, 0.25) is 5.75 Å². The minimum atomic E-state index is -1.17. The van der Waals surface area contributed by atoms with E-state index in [2.05, 4.69) is 15.6 Å². The normalized spacial score (nSPS) is 20.5. The van der Waals surface area contributed by atoms with E-state index in [1.807, 2.05) is 0 Å². The van der Waals surface area contributed by atoms with E-state index in [0.29, 0.717) is 25.7 Å². The quantitative estimate of drug-likeness (QED) is 0.543. The van der Waals surface area contributed by atoms with Gasteiger partial charge in [-0.25, -0.2) is 13.8 Å². The molecule has 3 N–H and O–H groups in total. The van der Waals surface area contributed by atoms with Crippen molar-refractivity contribution in [3.8, 4) is 5.75 Å². The van der Waals surface area contributed by atoms with Gasteiger partial charge in [0.05, 0.1) is 5.54 Å². The summed E-state index contributed by atoms with van der Waals surface area (Å²) >= 11 is 0. The molecule has 1 aromatic heterocycles. The first-order valence-corrected chi connectivity index (χ1v) is 11.1. The zero-order valence-electron chi connectivity index (χ0n) is 19.2. The fraction of sp³-hybridized carbons (Fsp3) is 0.435. The van der Waals surface area contributed by atoms with Crippen LogP contribution < -0.4 is 16.2 Å². The Morgan fingerprint density at radius 3 is 2.51 bits per heavy atom. The molecule has 1 fully saturated rings. The molecule has 0 radical (unpaired) electrons. The lowest BCUT2D eigenvalue weighted by molar-refractivity contribution is -0.145. The van der Waals surface area contributed by atoms with Gasteiger partial charge >= 0.3 is 11.8 Å². The molecule has 0 spiro atoms. The summed E-state index contributed by atoms with van der Waals surface area (Å²) in [7, 11) is 2.88. The highest BCUT2D eigenvalue weighted by Crippen LogP contribution is 2.42. The van der Waals surface area contributed by atoms with Crippen molar-refractivity contribution < 1.29 is 28.3 Å². The second kappa shape index (κ2) is 9.08. The number of nitrogens with one attached hydrogen (secondary N) is 2. The van der Waals surface area contributed by atoms with Crippen LogP contribution in [0, 0.1) is 17.6 Å². The number of hydrogen-bond acceptors (Lipinski definition) is 6. The van der Waals surface area contributed by atoms with Crippen molar-refractivity contribution >= 4 is 17.7 Å². The second-order valence-corrected chi connectivity index (χ2v) is 9.16. The van der Waals surface area contributed by atoms with Crippen molar-refractivity contribution in [3.63, 3.8) is 0 Å². The molecule has 0 saturated heterocycles. The van der Waals surface area contributed by atoms with Crippen LogP contribution in [0.1, 0.15) is 47.6 Å². The first kappa shape index (κ1) is 24.3. The predicted molar refractivity (Wildman–Crippen MR) is 118 cm³/mol. The lowest BCUT2D eigenvalue weighted by Gasteiger charge is -2.37. The van der Waals surface area contributed by atoms with E-state index in [-0.39, 0.29) is 30.4 Å². The van der Waals surface area contributed by atoms with Crippen molar-refractivity contribution in [3.05, 3.63) is 57.3 Å². The van der Waals surface area contributed by atoms with E-state index < -0.39 is 51.9 Å². The number of likely N-dealkylation sites (N-methyl/N-ethyl adjacent to an activating group) is 1. The van der Waals surface area contributed by atoms with Crippen molar-refractivity contribution in [2.75, 3.05) is 14.1 Å². The molecule has 3 amide bonds. The van der Waals surface area contributed by atoms with Crippen LogP contribution >= 0.6 is 0 Å². The molecule has 2 aromatic rings. The number of rotatable bonds is 4. The molecule has 12 heteroatoms. The molecule has 2 aliphatic heterocycles. The summed E-state index contributed by atoms with van der Waals surface area (Å²) in [5, 5.41) is 15.7. The van der Waals surface area contributed by atoms with Crippen molar-refractivity contribution in [1.29, 1.82) is 0 Å². The highest BCUT2D eigenvalue weighted by molar-refractivity contribution is 6.35. The molecule has 10 nitrogen and oxygen atoms in total. The molecular weight excluding hydrogens is 464 g/mol. The maximum absolute atomic E-state index is 13.5. The van der Waals surface area contributed by atoms with Gasteiger partial charge in [-0.05, 0) is 49.3 Å². The van der Waals surface area contributed by atoms with Crippen LogP contribution in [0.4, 0.5) is 8.78 Å². The molecule has 1 aliphatic carbocycles. The zero-order valence-corrected chi connectivity index (χ0v) is 19.2. The molecule has 0 unspecified atom stereocenters. The van der Waals surface area contributed by atoms with E-state index >= 15 is 0 Å². The Bertz CT molecular complexity index is 1270. The van der Waals surface area contributed by atoms with E-state index in [1.165, 1.54) is 24.7 Å². The molecular formula is C23H25F2N5O5. The summed E-state index contributed by atoms with van der Waals surface area (Å²) < 4.78 is 27.9. The molecule has 3 aliphatic rings. The molecule has 35 heavy (non-hydrogen) atoms. The standard InChI is InChI=1S/C23H25F2N5O5/c1-29(2)21(35)19(33)28-23-7-5-12(6-8-23)11-30-20(34)17(31)16(27-22(23)30)18(32)26-10-13-3-4-14(24)15(25)9-13/h3-4,9,12,31H,5-8,10-11H2,1-2H3,(H,26,32)(H,28,33). The van der Waals surface area contributed by atoms with Crippen LogP contribution in [0.2, 0.25) is 0 Å². The summed E-state index contributed by atoms with van der Waals surface area (Å²) in [4.78, 5) is 56.2. The Morgan fingerprint density at radius 1 is 1.20 bits per heavy atom.